The Bertz CT molecular complexity index is 424. The Morgan fingerprint density at radius 2 is 1.67 bits per heavy atom. The van der Waals surface area contributed by atoms with E-state index in [9.17, 15) is 14.4 Å². The molecule has 0 spiro atoms. The lowest BCUT2D eigenvalue weighted by molar-refractivity contribution is -0.140. The molecule has 4 nitrogen and oxygen atoms in total. The maximum absolute atomic E-state index is 11.8. The third-order valence-electron chi connectivity index (χ3n) is 3.70. The molecule has 0 unspecified atom stereocenters. The van der Waals surface area contributed by atoms with Gasteiger partial charge in [0.1, 0.15) is 0 Å². The monoisotopic (exact) mass is 247 g/mol. The molecule has 0 aromatic rings. The van der Waals surface area contributed by atoms with Crippen molar-refractivity contribution in [2.45, 2.75) is 38.6 Å². The Morgan fingerprint density at radius 1 is 1.17 bits per heavy atom. The van der Waals surface area contributed by atoms with Crippen molar-refractivity contribution in [1.82, 2.24) is 4.90 Å². The molecule has 2 aliphatic rings. The van der Waals surface area contributed by atoms with Crippen LogP contribution in [-0.2, 0) is 14.4 Å². The summed E-state index contributed by atoms with van der Waals surface area (Å²) in [5, 5.41) is 0. The van der Waals surface area contributed by atoms with Crippen LogP contribution in [0.25, 0.3) is 0 Å². The van der Waals surface area contributed by atoms with E-state index >= 15 is 0 Å². The fourth-order valence-electron chi connectivity index (χ4n) is 2.72. The van der Waals surface area contributed by atoms with Crippen LogP contribution in [0.15, 0.2) is 24.3 Å². The van der Waals surface area contributed by atoms with E-state index in [0.29, 0.717) is 18.4 Å². The van der Waals surface area contributed by atoms with Crippen molar-refractivity contribution in [3.8, 4) is 0 Å². The van der Waals surface area contributed by atoms with Crippen molar-refractivity contribution < 1.29 is 14.4 Å². The lowest BCUT2D eigenvalue weighted by atomic mass is 9.81. The minimum atomic E-state index is -0.227. The van der Waals surface area contributed by atoms with E-state index in [1.165, 1.54) is 17.1 Å². The molecule has 2 amide bonds. The molecule has 0 radical (unpaired) electrons. The van der Waals surface area contributed by atoms with Gasteiger partial charge in [0, 0.05) is 24.1 Å². The van der Waals surface area contributed by atoms with Gasteiger partial charge in [-0.2, -0.15) is 0 Å². The molecule has 1 heterocycles. The number of carbonyl (C=O) groups excluding carboxylic acids is 3. The largest absolute Gasteiger partial charge is 0.294 e. The number of allylic oxidation sites excluding steroid dienone is 1. The molecule has 18 heavy (non-hydrogen) atoms. The highest BCUT2D eigenvalue weighted by Gasteiger charge is 2.35. The molecule has 96 valence electrons. The summed E-state index contributed by atoms with van der Waals surface area (Å²) >= 11 is 0. The molecule has 0 atom stereocenters. The van der Waals surface area contributed by atoms with E-state index in [2.05, 4.69) is 6.58 Å². The SMILES string of the molecule is C=C(C)C(=O)C1CCC(N2C(=O)C=CC2=O)CC1. The first-order valence-corrected chi connectivity index (χ1v) is 6.25. The standard InChI is InChI=1S/C14H17NO3/c1-9(2)14(18)10-3-5-11(6-4-10)15-12(16)7-8-13(15)17/h7-8,10-11H,1,3-6H2,2H3. The van der Waals surface area contributed by atoms with E-state index in [-0.39, 0.29) is 29.6 Å². The van der Waals surface area contributed by atoms with Gasteiger partial charge >= 0.3 is 0 Å². The predicted octanol–water partition coefficient (Wildman–Crippen LogP) is 1.62. The second-order valence-electron chi connectivity index (χ2n) is 5.03. The Morgan fingerprint density at radius 3 is 2.11 bits per heavy atom. The van der Waals surface area contributed by atoms with Gasteiger partial charge in [-0.3, -0.25) is 19.3 Å². The molecule has 0 aromatic carbocycles. The van der Waals surface area contributed by atoms with Crippen LogP contribution >= 0.6 is 0 Å². The van der Waals surface area contributed by atoms with Gasteiger partial charge in [-0.25, -0.2) is 0 Å². The van der Waals surface area contributed by atoms with Crippen molar-refractivity contribution in [2.24, 2.45) is 5.92 Å². The molecule has 4 heteroatoms. The van der Waals surface area contributed by atoms with Crippen LogP contribution < -0.4 is 0 Å². The number of nitrogens with zero attached hydrogens (tertiary/aromatic N) is 1. The fraction of sp³-hybridized carbons (Fsp3) is 0.500. The molecular weight excluding hydrogens is 230 g/mol. The van der Waals surface area contributed by atoms with Gasteiger partial charge in [0.25, 0.3) is 11.8 Å². The Hall–Kier alpha value is -1.71. The van der Waals surface area contributed by atoms with Crippen LogP contribution in [0.1, 0.15) is 32.6 Å². The van der Waals surface area contributed by atoms with Gasteiger partial charge in [-0.15, -0.1) is 0 Å². The summed E-state index contributed by atoms with van der Waals surface area (Å²) in [7, 11) is 0. The van der Waals surface area contributed by atoms with Crippen LogP contribution in [0, 0.1) is 5.92 Å². The van der Waals surface area contributed by atoms with Crippen molar-refractivity contribution >= 4 is 17.6 Å². The van der Waals surface area contributed by atoms with Crippen molar-refractivity contribution in [2.75, 3.05) is 0 Å². The lowest BCUT2D eigenvalue weighted by Crippen LogP contribution is -2.42. The zero-order valence-corrected chi connectivity index (χ0v) is 10.5. The summed E-state index contributed by atoms with van der Waals surface area (Å²) in [5.41, 5.74) is 0.591. The van der Waals surface area contributed by atoms with Gasteiger partial charge in [-0.05, 0) is 38.2 Å². The van der Waals surface area contributed by atoms with Crippen LogP contribution in [0.4, 0.5) is 0 Å². The maximum atomic E-state index is 11.8. The van der Waals surface area contributed by atoms with Crippen molar-refractivity contribution in [3.63, 3.8) is 0 Å². The fourth-order valence-corrected chi connectivity index (χ4v) is 2.72. The van der Waals surface area contributed by atoms with E-state index in [1.54, 1.807) is 6.92 Å². The van der Waals surface area contributed by atoms with Crippen molar-refractivity contribution in [3.05, 3.63) is 24.3 Å². The third-order valence-corrected chi connectivity index (χ3v) is 3.70. The summed E-state index contributed by atoms with van der Waals surface area (Å²) in [6.45, 7) is 5.40. The molecule has 0 saturated heterocycles. The highest BCUT2D eigenvalue weighted by molar-refractivity contribution is 6.13. The van der Waals surface area contributed by atoms with Crippen LogP contribution in [0.3, 0.4) is 0 Å². The lowest BCUT2D eigenvalue weighted by Gasteiger charge is -2.32. The minimum Gasteiger partial charge on any atom is -0.294 e. The Kier molecular flexibility index (Phi) is 3.45. The highest BCUT2D eigenvalue weighted by Crippen LogP contribution is 2.30. The van der Waals surface area contributed by atoms with Gasteiger partial charge < -0.3 is 0 Å². The topological polar surface area (TPSA) is 54.5 Å². The van der Waals surface area contributed by atoms with Gasteiger partial charge in [0.05, 0.1) is 0 Å². The molecule has 0 N–H and O–H groups in total. The van der Waals surface area contributed by atoms with E-state index in [0.717, 1.165) is 12.8 Å². The highest BCUT2D eigenvalue weighted by atomic mass is 16.2. The number of amides is 2. The number of ketones is 1. The first-order chi connectivity index (χ1) is 8.50. The average molecular weight is 247 g/mol. The van der Waals surface area contributed by atoms with Gasteiger partial charge in [0.15, 0.2) is 5.78 Å². The number of carbonyl (C=O) groups is 3. The number of Topliss-reactive ketones (excluding diaryl/α,β-unsaturated/α-hetero) is 1. The number of hydrogen-bond donors (Lipinski definition) is 0. The first kappa shape index (κ1) is 12.7. The number of imide groups is 1. The maximum Gasteiger partial charge on any atom is 0.253 e. The first-order valence-electron chi connectivity index (χ1n) is 6.25. The van der Waals surface area contributed by atoms with Crippen LogP contribution in [-0.4, -0.2) is 28.5 Å². The van der Waals surface area contributed by atoms with E-state index in [1.807, 2.05) is 0 Å². The minimum absolute atomic E-state index is 0.0134. The van der Waals surface area contributed by atoms with E-state index in [4.69, 9.17) is 0 Å². The predicted molar refractivity (Wildman–Crippen MR) is 66.6 cm³/mol. The molecule has 1 saturated carbocycles. The molecule has 1 fully saturated rings. The Labute approximate surface area is 106 Å². The second kappa shape index (κ2) is 4.88. The average Bonchev–Trinajstić information content (AvgIpc) is 2.68. The molecule has 0 bridgehead atoms. The summed E-state index contributed by atoms with van der Waals surface area (Å²) in [4.78, 5) is 36.2. The summed E-state index contributed by atoms with van der Waals surface area (Å²) in [5.74, 6) is -0.325. The number of hydrogen-bond acceptors (Lipinski definition) is 3. The molecule has 1 aliphatic heterocycles. The Balaban J connectivity index is 1.95. The smallest absolute Gasteiger partial charge is 0.253 e. The molecular formula is C14H17NO3. The molecule has 2 rings (SSSR count). The van der Waals surface area contributed by atoms with Crippen LogP contribution in [0.2, 0.25) is 0 Å². The summed E-state index contributed by atoms with van der Waals surface area (Å²) in [6.07, 6.45) is 5.51. The quantitative estimate of drug-likeness (QED) is 0.562. The van der Waals surface area contributed by atoms with Crippen LogP contribution in [0.5, 0.6) is 0 Å². The van der Waals surface area contributed by atoms with Crippen molar-refractivity contribution in [1.29, 1.82) is 0 Å². The zero-order chi connectivity index (χ0) is 13.3. The van der Waals surface area contributed by atoms with Gasteiger partial charge in [-0.1, -0.05) is 6.58 Å². The van der Waals surface area contributed by atoms with E-state index < -0.39 is 0 Å². The zero-order valence-electron chi connectivity index (χ0n) is 10.5. The summed E-state index contributed by atoms with van der Waals surface area (Å²) in [6, 6.07) is -0.0471. The second-order valence-corrected chi connectivity index (χ2v) is 5.03. The normalized spacial score (nSPS) is 27.7. The molecule has 1 aliphatic carbocycles. The third kappa shape index (κ3) is 2.28. The van der Waals surface area contributed by atoms with Gasteiger partial charge in [0.2, 0.25) is 0 Å². The number of rotatable bonds is 3. The molecule has 0 aromatic heterocycles. The summed E-state index contributed by atoms with van der Waals surface area (Å²) < 4.78 is 0.